The first-order chi connectivity index (χ1) is 5.52. The van der Waals surface area contributed by atoms with E-state index in [4.69, 9.17) is 11.6 Å². The minimum absolute atomic E-state index is 0.0949. The molecule has 1 rings (SSSR count). The molecular formula is C8H11ClN2O. The van der Waals surface area contributed by atoms with Gasteiger partial charge in [-0.25, -0.2) is 4.98 Å². The van der Waals surface area contributed by atoms with E-state index in [1.54, 1.807) is 11.5 Å². The van der Waals surface area contributed by atoms with Crippen LogP contribution in [0.4, 0.5) is 0 Å². The predicted octanol–water partition coefficient (Wildman–Crippen LogP) is 1.79. The molecule has 0 atom stereocenters. The Balaban J connectivity index is 3.39. The van der Waals surface area contributed by atoms with Gasteiger partial charge >= 0.3 is 0 Å². The van der Waals surface area contributed by atoms with E-state index in [1.807, 2.05) is 13.8 Å². The van der Waals surface area contributed by atoms with E-state index < -0.39 is 0 Å². The molecule has 0 bridgehead atoms. The SMILES string of the molecule is Cc1nc(Cl)cc(=O)n1C(C)C. The van der Waals surface area contributed by atoms with Gasteiger partial charge in [-0.15, -0.1) is 0 Å². The summed E-state index contributed by atoms with van der Waals surface area (Å²) in [5, 5.41) is 0.259. The molecule has 0 radical (unpaired) electrons. The third-order valence-electron chi connectivity index (χ3n) is 1.61. The van der Waals surface area contributed by atoms with Crippen molar-refractivity contribution in [3.63, 3.8) is 0 Å². The Labute approximate surface area is 76.0 Å². The fraction of sp³-hybridized carbons (Fsp3) is 0.500. The fourth-order valence-corrected chi connectivity index (χ4v) is 1.42. The van der Waals surface area contributed by atoms with Crippen molar-refractivity contribution in [2.45, 2.75) is 26.8 Å². The highest BCUT2D eigenvalue weighted by Gasteiger charge is 2.05. The maximum atomic E-state index is 11.3. The molecular weight excluding hydrogens is 176 g/mol. The van der Waals surface area contributed by atoms with Gasteiger partial charge in [-0.1, -0.05) is 11.6 Å². The maximum Gasteiger partial charge on any atom is 0.255 e. The lowest BCUT2D eigenvalue weighted by Gasteiger charge is -2.11. The molecule has 66 valence electrons. The zero-order chi connectivity index (χ0) is 9.30. The monoisotopic (exact) mass is 186 g/mol. The molecule has 0 fully saturated rings. The van der Waals surface area contributed by atoms with E-state index >= 15 is 0 Å². The van der Waals surface area contributed by atoms with Gasteiger partial charge in [-0.2, -0.15) is 0 Å². The molecule has 3 nitrogen and oxygen atoms in total. The second-order valence-electron chi connectivity index (χ2n) is 2.93. The lowest BCUT2D eigenvalue weighted by atomic mass is 10.3. The highest BCUT2D eigenvalue weighted by atomic mass is 35.5. The summed E-state index contributed by atoms with van der Waals surface area (Å²) in [6, 6.07) is 1.46. The fourth-order valence-electron chi connectivity index (χ4n) is 1.20. The molecule has 0 saturated carbocycles. The summed E-state index contributed by atoms with van der Waals surface area (Å²) < 4.78 is 1.60. The lowest BCUT2D eigenvalue weighted by Crippen LogP contribution is -2.24. The topological polar surface area (TPSA) is 34.9 Å². The number of aryl methyl sites for hydroxylation is 1. The van der Waals surface area contributed by atoms with Gasteiger partial charge in [-0.05, 0) is 20.8 Å². The van der Waals surface area contributed by atoms with Crippen LogP contribution in [0.2, 0.25) is 5.15 Å². The first-order valence-electron chi connectivity index (χ1n) is 3.78. The van der Waals surface area contributed by atoms with Crippen LogP contribution in [0, 0.1) is 6.92 Å². The number of aromatic nitrogens is 2. The summed E-state index contributed by atoms with van der Waals surface area (Å²) in [5.74, 6) is 0.655. The molecule has 0 aliphatic carbocycles. The highest BCUT2D eigenvalue weighted by Crippen LogP contribution is 2.06. The number of hydrogen-bond acceptors (Lipinski definition) is 2. The lowest BCUT2D eigenvalue weighted by molar-refractivity contribution is 0.549. The minimum Gasteiger partial charge on any atom is -0.294 e. The van der Waals surface area contributed by atoms with Crippen LogP contribution in [0.1, 0.15) is 25.7 Å². The van der Waals surface area contributed by atoms with Crippen molar-refractivity contribution >= 4 is 11.6 Å². The van der Waals surface area contributed by atoms with E-state index in [2.05, 4.69) is 4.98 Å². The Bertz CT molecular complexity index is 343. The molecule has 0 aromatic carbocycles. The van der Waals surface area contributed by atoms with Crippen LogP contribution in [0.25, 0.3) is 0 Å². The molecule has 12 heavy (non-hydrogen) atoms. The van der Waals surface area contributed by atoms with Gasteiger partial charge in [0.05, 0.1) is 0 Å². The molecule has 1 aromatic rings. The van der Waals surface area contributed by atoms with Crippen LogP contribution < -0.4 is 5.56 Å². The number of rotatable bonds is 1. The van der Waals surface area contributed by atoms with Gasteiger partial charge in [0.2, 0.25) is 0 Å². The molecule has 0 aliphatic heterocycles. The van der Waals surface area contributed by atoms with Crippen LogP contribution in [0.15, 0.2) is 10.9 Å². The van der Waals surface area contributed by atoms with E-state index in [0.29, 0.717) is 5.82 Å². The first-order valence-corrected chi connectivity index (χ1v) is 4.16. The molecule has 0 spiro atoms. The van der Waals surface area contributed by atoms with Crippen LogP contribution in [0.3, 0.4) is 0 Å². The minimum atomic E-state index is -0.0949. The van der Waals surface area contributed by atoms with Gasteiger partial charge in [-0.3, -0.25) is 9.36 Å². The molecule has 0 saturated heterocycles. The van der Waals surface area contributed by atoms with E-state index in [-0.39, 0.29) is 16.8 Å². The predicted molar refractivity (Wildman–Crippen MR) is 48.6 cm³/mol. The van der Waals surface area contributed by atoms with Crippen molar-refractivity contribution in [1.82, 2.24) is 9.55 Å². The smallest absolute Gasteiger partial charge is 0.255 e. The number of halogens is 1. The first kappa shape index (κ1) is 9.26. The van der Waals surface area contributed by atoms with Crippen molar-refractivity contribution < 1.29 is 0 Å². The van der Waals surface area contributed by atoms with Crippen LogP contribution in [0.5, 0.6) is 0 Å². The van der Waals surface area contributed by atoms with Gasteiger partial charge in [0.15, 0.2) is 0 Å². The van der Waals surface area contributed by atoms with Crippen molar-refractivity contribution in [3.05, 3.63) is 27.4 Å². The molecule has 1 aromatic heterocycles. The van der Waals surface area contributed by atoms with Gasteiger partial charge in [0.25, 0.3) is 5.56 Å². The summed E-state index contributed by atoms with van der Waals surface area (Å²) in [6.07, 6.45) is 0. The summed E-state index contributed by atoms with van der Waals surface area (Å²) >= 11 is 5.60. The Morgan fingerprint density at radius 1 is 1.58 bits per heavy atom. The molecule has 0 unspecified atom stereocenters. The summed E-state index contributed by atoms with van der Waals surface area (Å²) in [7, 11) is 0. The van der Waals surface area contributed by atoms with Gasteiger partial charge in [0.1, 0.15) is 11.0 Å². The van der Waals surface area contributed by atoms with Crippen LogP contribution >= 0.6 is 11.6 Å². The third kappa shape index (κ3) is 1.67. The second-order valence-corrected chi connectivity index (χ2v) is 3.32. The largest absolute Gasteiger partial charge is 0.294 e. The summed E-state index contributed by atoms with van der Waals surface area (Å²) in [5.41, 5.74) is -0.0949. The normalized spacial score (nSPS) is 10.8. The van der Waals surface area contributed by atoms with E-state index in [1.165, 1.54) is 6.07 Å². The van der Waals surface area contributed by atoms with Crippen molar-refractivity contribution in [1.29, 1.82) is 0 Å². The van der Waals surface area contributed by atoms with E-state index in [0.717, 1.165) is 0 Å². The highest BCUT2D eigenvalue weighted by molar-refractivity contribution is 6.29. The van der Waals surface area contributed by atoms with Crippen molar-refractivity contribution in [3.8, 4) is 0 Å². The summed E-state index contributed by atoms with van der Waals surface area (Å²) in [4.78, 5) is 15.3. The zero-order valence-electron chi connectivity index (χ0n) is 7.34. The van der Waals surface area contributed by atoms with Crippen LogP contribution in [-0.2, 0) is 0 Å². The standard InChI is InChI=1S/C8H11ClN2O/c1-5(2)11-6(3)10-7(9)4-8(11)12/h4-5H,1-3H3. The van der Waals surface area contributed by atoms with Crippen molar-refractivity contribution in [2.24, 2.45) is 0 Å². The Morgan fingerprint density at radius 2 is 2.17 bits per heavy atom. The number of hydrogen-bond donors (Lipinski definition) is 0. The van der Waals surface area contributed by atoms with Crippen molar-refractivity contribution in [2.75, 3.05) is 0 Å². The van der Waals surface area contributed by atoms with E-state index in [9.17, 15) is 4.79 Å². The zero-order valence-corrected chi connectivity index (χ0v) is 8.09. The summed E-state index contributed by atoms with van der Waals surface area (Å²) in [6.45, 7) is 5.64. The molecule has 1 heterocycles. The number of nitrogens with zero attached hydrogens (tertiary/aromatic N) is 2. The van der Waals surface area contributed by atoms with Gasteiger partial charge in [0, 0.05) is 12.1 Å². The van der Waals surface area contributed by atoms with Gasteiger partial charge < -0.3 is 0 Å². The molecule has 0 N–H and O–H groups in total. The quantitative estimate of drug-likeness (QED) is 0.627. The Hall–Kier alpha value is -0.830. The third-order valence-corrected chi connectivity index (χ3v) is 1.81. The Kier molecular flexibility index (Phi) is 2.52. The molecule has 4 heteroatoms. The second kappa shape index (κ2) is 3.27. The molecule has 0 aliphatic rings. The van der Waals surface area contributed by atoms with Crippen LogP contribution in [-0.4, -0.2) is 9.55 Å². The average molecular weight is 187 g/mol. The average Bonchev–Trinajstić information content (AvgIpc) is 1.82. The Morgan fingerprint density at radius 3 is 2.58 bits per heavy atom. The molecule has 0 amide bonds. The maximum absolute atomic E-state index is 11.3.